The summed E-state index contributed by atoms with van der Waals surface area (Å²) < 4.78 is 5.68. The molecule has 0 aromatic heterocycles. The van der Waals surface area contributed by atoms with Crippen LogP contribution in [0.5, 0.6) is 5.75 Å². The Kier molecular flexibility index (Phi) is 6.88. The number of hydrogen-bond donors (Lipinski definition) is 2. The van der Waals surface area contributed by atoms with Gasteiger partial charge in [-0.1, -0.05) is 26.0 Å². The number of ether oxygens (including phenoxy) is 1. The number of rotatable bonds is 8. The Hall–Kier alpha value is -1.55. The molecule has 0 saturated carbocycles. The van der Waals surface area contributed by atoms with Crippen LogP contribution < -0.4 is 15.4 Å². The minimum Gasteiger partial charge on any atom is -0.493 e. The van der Waals surface area contributed by atoms with Crippen molar-refractivity contribution in [1.29, 1.82) is 0 Å². The third-order valence-corrected chi connectivity index (χ3v) is 3.79. The van der Waals surface area contributed by atoms with E-state index < -0.39 is 5.41 Å². The van der Waals surface area contributed by atoms with Gasteiger partial charge < -0.3 is 15.4 Å². The van der Waals surface area contributed by atoms with Gasteiger partial charge in [0.1, 0.15) is 5.75 Å². The molecule has 1 aromatic rings. The number of likely N-dealkylation sites (N-methyl/N-ethyl adjacent to an activating group) is 1. The molecule has 0 aliphatic carbocycles. The van der Waals surface area contributed by atoms with Gasteiger partial charge in [-0.05, 0) is 51.4 Å². The van der Waals surface area contributed by atoms with Crippen molar-refractivity contribution in [3.63, 3.8) is 0 Å². The van der Waals surface area contributed by atoms with E-state index in [1.807, 2.05) is 52.1 Å². The molecule has 2 N–H and O–H groups in total. The molecule has 0 spiro atoms. The van der Waals surface area contributed by atoms with Crippen molar-refractivity contribution >= 4 is 5.91 Å². The Labute approximate surface area is 134 Å². The standard InChI is InChI=1S/C18H30N2O2/c1-13(2)12-22-16-9-7-15(8-10-16)18(4,5)17(21)20-11-14(3)19-6/h7-10,13-14,19H,11-12H2,1-6H3,(H,20,21). The summed E-state index contributed by atoms with van der Waals surface area (Å²) in [5, 5.41) is 6.10. The number of hydrogen-bond acceptors (Lipinski definition) is 3. The fourth-order valence-electron chi connectivity index (χ4n) is 1.93. The molecule has 0 bridgehead atoms. The van der Waals surface area contributed by atoms with Crippen LogP contribution in [0, 0.1) is 5.92 Å². The van der Waals surface area contributed by atoms with Crippen LogP contribution in [0.15, 0.2) is 24.3 Å². The van der Waals surface area contributed by atoms with Gasteiger partial charge in [0.25, 0.3) is 0 Å². The normalized spacial score (nSPS) is 13.0. The number of carbonyl (C=O) groups excluding carboxylic acids is 1. The topological polar surface area (TPSA) is 50.4 Å². The lowest BCUT2D eigenvalue weighted by molar-refractivity contribution is -0.125. The molecule has 0 radical (unpaired) electrons. The summed E-state index contributed by atoms with van der Waals surface area (Å²) in [5.74, 6) is 1.37. The smallest absolute Gasteiger partial charge is 0.230 e. The highest BCUT2D eigenvalue weighted by Crippen LogP contribution is 2.25. The van der Waals surface area contributed by atoms with Gasteiger partial charge in [0.2, 0.25) is 5.91 Å². The average molecular weight is 306 g/mol. The molecule has 0 aliphatic heterocycles. The lowest BCUT2D eigenvalue weighted by Crippen LogP contribution is -2.45. The van der Waals surface area contributed by atoms with Crippen molar-refractivity contribution in [2.45, 2.75) is 46.1 Å². The molecule has 1 unspecified atom stereocenters. The van der Waals surface area contributed by atoms with E-state index in [-0.39, 0.29) is 11.9 Å². The first-order valence-corrected chi connectivity index (χ1v) is 7.96. The highest BCUT2D eigenvalue weighted by molar-refractivity contribution is 5.87. The van der Waals surface area contributed by atoms with Crippen molar-refractivity contribution in [1.82, 2.24) is 10.6 Å². The Bertz CT molecular complexity index is 466. The maximum Gasteiger partial charge on any atom is 0.230 e. The van der Waals surface area contributed by atoms with Crippen LogP contribution in [0.4, 0.5) is 0 Å². The lowest BCUT2D eigenvalue weighted by Gasteiger charge is -2.25. The van der Waals surface area contributed by atoms with Crippen molar-refractivity contribution in [2.24, 2.45) is 5.92 Å². The van der Waals surface area contributed by atoms with E-state index in [9.17, 15) is 4.79 Å². The fraction of sp³-hybridized carbons (Fsp3) is 0.611. The molecule has 4 nitrogen and oxygen atoms in total. The quantitative estimate of drug-likeness (QED) is 0.776. The third-order valence-electron chi connectivity index (χ3n) is 3.79. The molecule has 1 rings (SSSR count). The maximum absolute atomic E-state index is 12.4. The summed E-state index contributed by atoms with van der Waals surface area (Å²) in [6.45, 7) is 11.5. The molecule has 22 heavy (non-hydrogen) atoms. The largest absolute Gasteiger partial charge is 0.493 e. The fourth-order valence-corrected chi connectivity index (χ4v) is 1.93. The van der Waals surface area contributed by atoms with Crippen molar-refractivity contribution in [3.8, 4) is 5.75 Å². The molecular formula is C18H30N2O2. The van der Waals surface area contributed by atoms with Crippen molar-refractivity contribution < 1.29 is 9.53 Å². The third kappa shape index (κ3) is 5.34. The van der Waals surface area contributed by atoms with Gasteiger partial charge in [-0.3, -0.25) is 4.79 Å². The van der Waals surface area contributed by atoms with Crippen molar-refractivity contribution in [3.05, 3.63) is 29.8 Å². The molecule has 0 heterocycles. The van der Waals surface area contributed by atoms with Gasteiger partial charge in [-0.2, -0.15) is 0 Å². The number of amides is 1. The highest BCUT2D eigenvalue weighted by atomic mass is 16.5. The van der Waals surface area contributed by atoms with Gasteiger partial charge >= 0.3 is 0 Å². The Morgan fingerprint density at radius 1 is 1.18 bits per heavy atom. The molecule has 4 heteroatoms. The van der Waals surface area contributed by atoms with Crippen LogP contribution in [0.25, 0.3) is 0 Å². The summed E-state index contributed by atoms with van der Waals surface area (Å²) in [7, 11) is 1.89. The molecule has 0 aliphatic rings. The van der Waals surface area contributed by atoms with Gasteiger partial charge in [0.15, 0.2) is 0 Å². The molecule has 0 saturated heterocycles. The number of nitrogens with one attached hydrogen (secondary N) is 2. The zero-order valence-electron chi connectivity index (χ0n) is 14.7. The van der Waals surface area contributed by atoms with Gasteiger partial charge in [0, 0.05) is 12.6 Å². The predicted molar refractivity (Wildman–Crippen MR) is 91.3 cm³/mol. The van der Waals surface area contributed by atoms with E-state index >= 15 is 0 Å². The van der Waals surface area contributed by atoms with Crippen molar-refractivity contribution in [2.75, 3.05) is 20.2 Å². The number of carbonyl (C=O) groups is 1. The molecule has 0 fully saturated rings. The first-order chi connectivity index (χ1) is 10.3. The zero-order chi connectivity index (χ0) is 16.8. The van der Waals surface area contributed by atoms with E-state index in [4.69, 9.17) is 4.74 Å². The molecular weight excluding hydrogens is 276 g/mol. The van der Waals surface area contributed by atoms with E-state index in [1.54, 1.807) is 0 Å². The second-order valence-corrected chi connectivity index (χ2v) is 6.75. The molecule has 1 aromatic carbocycles. The highest BCUT2D eigenvalue weighted by Gasteiger charge is 2.29. The lowest BCUT2D eigenvalue weighted by atomic mass is 9.83. The summed E-state index contributed by atoms with van der Waals surface area (Å²) in [5.41, 5.74) is 0.420. The van der Waals surface area contributed by atoms with Crippen LogP contribution >= 0.6 is 0 Å². The van der Waals surface area contributed by atoms with E-state index in [1.165, 1.54) is 0 Å². The summed E-state index contributed by atoms with van der Waals surface area (Å²) in [4.78, 5) is 12.4. The van der Waals surface area contributed by atoms with Gasteiger partial charge in [0.05, 0.1) is 12.0 Å². The second kappa shape index (κ2) is 8.18. The first-order valence-electron chi connectivity index (χ1n) is 7.96. The average Bonchev–Trinajstić information content (AvgIpc) is 2.50. The Morgan fingerprint density at radius 3 is 2.27 bits per heavy atom. The Balaban J connectivity index is 2.69. The van der Waals surface area contributed by atoms with Crippen LogP contribution in [0.3, 0.4) is 0 Å². The monoisotopic (exact) mass is 306 g/mol. The summed E-state index contributed by atoms with van der Waals surface area (Å²) in [6.07, 6.45) is 0. The van der Waals surface area contributed by atoms with Gasteiger partial charge in [-0.25, -0.2) is 0 Å². The van der Waals surface area contributed by atoms with Crippen LogP contribution in [-0.4, -0.2) is 32.1 Å². The zero-order valence-corrected chi connectivity index (χ0v) is 14.7. The van der Waals surface area contributed by atoms with E-state index in [0.717, 1.165) is 11.3 Å². The first kappa shape index (κ1) is 18.5. The summed E-state index contributed by atoms with van der Waals surface area (Å²) in [6, 6.07) is 8.06. The second-order valence-electron chi connectivity index (χ2n) is 6.75. The molecule has 1 amide bonds. The van der Waals surface area contributed by atoms with E-state index in [2.05, 4.69) is 24.5 Å². The Morgan fingerprint density at radius 2 is 1.77 bits per heavy atom. The maximum atomic E-state index is 12.4. The van der Waals surface area contributed by atoms with Crippen LogP contribution in [0.1, 0.15) is 40.2 Å². The van der Waals surface area contributed by atoms with Crippen LogP contribution in [0.2, 0.25) is 0 Å². The van der Waals surface area contributed by atoms with Crippen LogP contribution in [-0.2, 0) is 10.2 Å². The SMILES string of the molecule is CNC(C)CNC(=O)C(C)(C)c1ccc(OCC(C)C)cc1. The predicted octanol–water partition coefficient (Wildman–Crippen LogP) is 2.72. The number of benzene rings is 1. The van der Waals surface area contributed by atoms with Gasteiger partial charge in [-0.15, -0.1) is 0 Å². The van der Waals surface area contributed by atoms with E-state index in [0.29, 0.717) is 19.1 Å². The minimum atomic E-state index is -0.565. The minimum absolute atomic E-state index is 0.0328. The summed E-state index contributed by atoms with van der Waals surface area (Å²) >= 11 is 0. The molecule has 1 atom stereocenters. The molecule has 124 valence electrons.